The molecule has 0 spiro atoms. The van der Waals surface area contributed by atoms with Crippen LogP contribution in [0.3, 0.4) is 0 Å². The monoisotopic (exact) mass is 269 g/mol. The summed E-state index contributed by atoms with van der Waals surface area (Å²) in [5.41, 5.74) is -0.118. The van der Waals surface area contributed by atoms with E-state index in [9.17, 15) is 0 Å². The van der Waals surface area contributed by atoms with Gasteiger partial charge in [-0.05, 0) is 26.7 Å². The Morgan fingerprint density at radius 2 is 2.33 bits per heavy atom. The fourth-order valence-corrected chi connectivity index (χ4v) is 2.73. The second-order valence-electron chi connectivity index (χ2n) is 5.63. The van der Waals surface area contributed by atoms with Crippen molar-refractivity contribution in [2.45, 2.75) is 44.3 Å². The molecule has 0 aromatic carbocycles. The number of hydrogen-bond acceptors (Lipinski definition) is 6. The van der Waals surface area contributed by atoms with Gasteiger partial charge >= 0.3 is 0 Å². The first kappa shape index (κ1) is 12.3. The highest BCUT2D eigenvalue weighted by molar-refractivity contribution is 7.07. The summed E-state index contributed by atoms with van der Waals surface area (Å²) >= 11 is 1.35. The van der Waals surface area contributed by atoms with Crippen molar-refractivity contribution in [3.05, 3.63) is 5.82 Å². The summed E-state index contributed by atoms with van der Waals surface area (Å²) in [5, 5.41) is 4.03. The van der Waals surface area contributed by atoms with Gasteiger partial charge in [-0.3, -0.25) is 0 Å². The highest BCUT2D eigenvalue weighted by Gasteiger charge is 2.30. The summed E-state index contributed by atoms with van der Waals surface area (Å²) in [7, 11) is 0. The fraction of sp³-hybridized carbons (Fsp3) is 0.833. The Kier molecular flexibility index (Phi) is 3.25. The van der Waals surface area contributed by atoms with Crippen LogP contribution >= 0.6 is 11.5 Å². The normalized spacial score (nSPS) is 27.1. The molecule has 0 bridgehead atoms. The molecule has 100 valence electrons. The third-order valence-corrected chi connectivity index (χ3v) is 3.81. The van der Waals surface area contributed by atoms with E-state index in [0.717, 1.165) is 18.9 Å². The SMILES string of the molecule is CC1(C)CNCC(COc2nc(C3CC3)ns2)O1. The molecule has 2 fully saturated rings. The van der Waals surface area contributed by atoms with Gasteiger partial charge in [0.25, 0.3) is 5.19 Å². The number of nitrogens with zero attached hydrogens (tertiary/aromatic N) is 2. The molecule has 2 aliphatic rings. The van der Waals surface area contributed by atoms with Crippen LogP contribution in [0.4, 0.5) is 0 Å². The number of morpholine rings is 1. The van der Waals surface area contributed by atoms with Crippen molar-refractivity contribution in [1.82, 2.24) is 14.7 Å². The van der Waals surface area contributed by atoms with E-state index in [1.54, 1.807) is 0 Å². The van der Waals surface area contributed by atoms with E-state index in [4.69, 9.17) is 9.47 Å². The maximum absolute atomic E-state index is 5.93. The van der Waals surface area contributed by atoms with Crippen LogP contribution in [0.15, 0.2) is 0 Å². The Morgan fingerprint density at radius 3 is 3.06 bits per heavy atom. The van der Waals surface area contributed by atoms with Gasteiger partial charge in [0.15, 0.2) is 0 Å². The van der Waals surface area contributed by atoms with E-state index in [0.29, 0.717) is 17.7 Å². The molecule has 5 nitrogen and oxygen atoms in total. The van der Waals surface area contributed by atoms with Gasteiger partial charge in [0.2, 0.25) is 0 Å². The summed E-state index contributed by atoms with van der Waals surface area (Å²) in [6.07, 6.45) is 2.53. The fourth-order valence-electron chi connectivity index (χ4n) is 2.11. The Balaban J connectivity index is 1.50. The van der Waals surface area contributed by atoms with Crippen molar-refractivity contribution in [2.75, 3.05) is 19.7 Å². The molecule has 1 aromatic rings. The van der Waals surface area contributed by atoms with Crippen molar-refractivity contribution in [3.8, 4) is 5.19 Å². The highest BCUT2D eigenvalue weighted by atomic mass is 32.1. The van der Waals surface area contributed by atoms with E-state index in [-0.39, 0.29) is 11.7 Å². The van der Waals surface area contributed by atoms with Crippen molar-refractivity contribution in [3.63, 3.8) is 0 Å². The molecule has 3 rings (SSSR count). The van der Waals surface area contributed by atoms with Gasteiger partial charge < -0.3 is 14.8 Å². The highest BCUT2D eigenvalue weighted by Crippen LogP contribution is 2.39. The Morgan fingerprint density at radius 1 is 1.50 bits per heavy atom. The number of nitrogens with one attached hydrogen (secondary N) is 1. The zero-order chi connectivity index (χ0) is 12.6. The molecule has 1 atom stereocenters. The number of rotatable bonds is 4. The lowest BCUT2D eigenvalue weighted by atomic mass is 10.1. The summed E-state index contributed by atoms with van der Waals surface area (Å²) in [5.74, 6) is 1.54. The van der Waals surface area contributed by atoms with Gasteiger partial charge in [-0.1, -0.05) is 0 Å². The minimum atomic E-state index is -0.118. The van der Waals surface area contributed by atoms with Crippen molar-refractivity contribution in [1.29, 1.82) is 0 Å². The van der Waals surface area contributed by atoms with Crippen LogP contribution in [-0.4, -0.2) is 40.8 Å². The smallest absolute Gasteiger partial charge is 0.293 e. The molecule has 1 saturated carbocycles. The van der Waals surface area contributed by atoms with Crippen LogP contribution < -0.4 is 10.1 Å². The molecule has 1 N–H and O–H groups in total. The first-order valence-corrected chi connectivity index (χ1v) is 7.25. The first-order chi connectivity index (χ1) is 8.62. The molecule has 18 heavy (non-hydrogen) atoms. The molecule has 1 aromatic heterocycles. The topological polar surface area (TPSA) is 56.3 Å². The van der Waals surface area contributed by atoms with Crippen LogP contribution in [0.2, 0.25) is 0 Å². The Labute approximate surface area is 111 Å². The maximum Gasteiger partial charge on any atom is 0.293 e. The number of aromatic nitrogens is 2. The summed E-state index contributed by atoms with van der Waals surface area (Å²) < 4.78 is 15.9. The second kappa shape index (κ2) is 4.75. The average molecular weight is 269 g/mol. The van der Waals surface area contributed by atoms with Crippen molar-refractivity contribution >= 4 is 11.5 Å². The van der Waals surface area contributed by atoms with Crippen LogP contribution in [0, 0.1) is 0 Å². The first-order valence-electron chi connectivity index (χ1n) is 6.47. The molecular weight excluding hydrogens is 250 g/mol. The van der Waals surface area contributed by atoms with Gasteiger partial charge in [0.05, 0.1) is 5.60 Å². The van der Waals surface area contributed by atoms with Crippen LogP contribution in [0.1, 0.15) is 38.4 Å². The average Bonchev–Trinajstić information content (AvgIpc) is 3.05. The van der Waals surface area contributed by atoms with Crippen molar-refractivity contribution < 1.29 is 9.47 Å². The largest absolute Gasteiger partial charge is 0.466 e. The molecule has 1 aliphatic heterocycles. The molecule has 1 unspecified atom stereocenters. The lowest BCUT2D eigenvalue weighted by Crippen LogP contribution is -2.52. The lowest BCUT2D eigenvalue weighted by Gasteiger charge is -2.36. The minimum Gasteiger partial charge on any atom is -0.466 e. The standard InChI is InChI=1S/C12H19N3O2S/c1-12(2)7-13-5-9(17-12)6-16-11-14-10(15-18-11)8-3-4-8/h8-9,13H,3-7H2,1-2H3. The van der Waals surface area contributed by atoms with E-state index < -0.39 is 0 Å². The van der Waals surface area contributed by atoms with Gasteiger partial charge in [-0.15, -0.1) is 0 Å². The number of hydrogen-bond donors (Lipinski definition) is 1. The molecule has 0 radical (unpaired) electrons. The van der Waals surface area contributed by atoms with Crippen LogP contribution in [0.5, 0.6) is 5.19 Å². The molecule has 0 amide bonds. The predicted molar refractivity (Wildman–Crippen MR) is 69.2 cm³/mol. The molecule has 1 aliphatic carbocycles. The molecule has 2 heterocycles. The third-order valence-electron chi connectivity index (χ3n) is 3.17. The van der Waals surface area contributed by atoms with Crippen LogP contribution in [-0.2, 0) is 4.74 Å². The Hall–Kier alpha value is -0.720. The van der Waals surface area contributed by atoms with E-state index in [2.05, 4.69) is 28.5 Å². The van der Waals surface area contributed by atoms with Gasteiger partial charge in [-0.25, -0.2) is 0 Å². The molecule has 6 heteroatoms. The number of ether oxygens (including phenoxy) is 2. The lowest BCUT2D eigenvalue weighted by molar-refractivity contribution is -0.107. The van der Waals surface area contributed by atoms with E-state index in [1.165, 1.54) is 24.4 Å². The van der Waals surface area contributed by atoms with Gasteiger partial charge in [0.1, 0.15) is 18.5 Å². The summed E-state index contributed by atoms with van der Waals surface area (Å²) in [4.78, 5) is 4.40. The quantitative estimate of drug-likeness (QED) is 0.899. The molecule has 1 saturated heterocycles. The predicted octanol–water partition coefficient (Wildman–Crippen LogP) is 1.56. The van der Waals surface area contributed by atoms with Crippen LogP contribution in [0.25, 0.3) is 0 Å². The minimum absolute atomic E-state index is 0.0852. The van der Waals surface area contributed by atoms with E-state index in [1.807, 2.05) is 0 Å². The van der Waals surface area contributed by atoms with Crippen molar-refractivity contribution in [2.24, 2.45) is 0 Å². The summed E-state index contributed by atoms with van der Waals surface area (Å²) in [6, 6.07) is 0. The summed E-state index contributed by atoms with van der Waals surface area (Å²) in [6.45, 7) is 6.42. The maximum atomic E-state index is 5.93. The van der Waals surface area contributed by atoms with Gasteiger partial charge in [0, 0.05) is 30.5 Å². The molecular formula is C12H19N3O2S. The van der Waals surface area contributed by atoms with E-state index >= 15 is 0 Å². The zero-order valence-corrected chi connectivity index (χ0v) is 11.6. The zero-order valence-electron chi connectivity index (χ0n) is 10.8. The second-order valence-corrected chi connectivity index (χ2v) is 6.35. The Bertz CT molecular complexity index is 417. The third kappa shape index (κ3) is 2.99. The van der Waals surface area contributed by atoms with Gasteiger partial charge in [-0.2, -0.15) is 9.36 Å².